The van der Waals surface area contributed by atoms with Crippen LogP contribution in [0.1, 0.15) is 17.2 Å². The van der Waals surface area contributed by atoms with Gasteiger partial charge in [0.15, 0.2) is 11.6 Å². The summed E-state index contributed by atoms with van der Waals surface area (Å²) in [6, 6.07) is -0.283. The molecule has 0 amide bonds. The van der Waals surface area contributed by atoms with Crippen molar-refractivity contribution < 1.29 is 22.7 Å². The van der Waals surface area contributed by atoms with Crippen molar-refractivity contribution in [2.24, 2.45) is 5.73 Å². The lowest BCUT2D eigenvalue weighted by atomic mass is 10.0. The monoisotopic (exact) mass is 259 g/mol. The summed E-state index contributed by atoms with van der Waals surface area (Å²) >= 11 is 0. The Kier molecular flexibility index (Phi) is 4.57. The van der Waals surface area contributed by atoms with Crippen LogP contribution in [-0.4, -0.2) is 11.3 Å². The minimum atomic E-state index is -4.71. The molecule has 3 N–H and O–H groups in total. The molecular formula is C9H10ClF4NO. The van der Waals surface area contributed by atoms with Crippen molar-refractivity contribution in [3.63, 3.8) is 0 Å². The van der Waals surface area contributed by atoms with Gasteiger partial charge in [0.1, 0.15) is 6.04 Å². The third kappa shape index (κ3) is 2.76. The molecule has 0 aliphatic rings. The van der Waals surface area contributed by atoms with Gasteiger partial charge in [-0.2, -0.15) is 13.2 Å². The maximum Gasteiger partial charge on any atom is 0.407 e. The molecule has 0 saturated carbocycles. The zero-order valence-electron chi connectivity index (χ0n) is 8.18. The van der Waals surface area contributed by atoms with Crippen LogP contribution in [0.2, 0.25) is 0 Å². The van der Waals surface area contributed by atoms with Crippen molar-refractivity contribution in [2.75, 3.05) is 0 Å². The molecule has 0 unspecified atom stereocenters. The molecule has 92 valence electrons. The number of aromatic hydroxyl groups is 1. The second-order valence-electron chi connectivity index (χ2n) is 3.15. The van der Waals surface area contributed by atoms with Crippen molar-refractivity contribution in [3.05, 3.63) is 29.1 Å². The van der Waals surface area contributed by atoms with Gasteiger partial charge in [-0.15, -0.1) is 12.4 Å². The number of phenolic OH excluding ortho intramolecular Hbond substituents is 1. The molecule has 0 radical (unpaired) electrons. The van der Waals surface area contributed by atoms with Gasteiger partial charge in [0.2, 0.25) is 0 Å². The predicted molar refractivity (Wildman–Crippen MR) is 53.0 cm³/mol. The Balaban J connectivity index is 0.00000225. The number of phenols is 1. The third-order valence-electron chi connectivity index (χ3n) is 2.03. The summed E-state index contributed by atoms with van der Waals surface area (Å²) in [6.07, 6.45) is -4.71. The Labute approximate surface area is 95.5 Å². The van der Waals surface area contributed by atoms with E-state index in [1.807, 2.05) is 0 Å². The SMILES string of the molecule is Cc1ccc([C@H](N)C(F)(F)F)c(O)c1F.Cl. The highest BCUT2D eigenvalue weighted by molar-refractivity contribution is 5.85. The Morgan fingerprint density at radius 2 is 1.81 bits per heavy atom. The quantitative estimate of drug-likeness (QED) is 0.762. The largest absolute Gasteiger partial charge is 0.505 e. The molecule has 0 fully saturated rings. The molecule has 1 atom stereocenters. The first-order valence-electron chi connectivity index (χ1n) is 4.05. The highest BCUT2D eigenvalue weighted by Gasteiger charge is 2.39. The Hall–Kier alpha value is -1.01. The summed E-state index contributed by atoms with van der Waals surface area (Å²) in [5.41, 5.74) is 4.24. The van der Waals surface area contributed by atoms with Gasteiger partial charge in [-0.1, -0.05) is 12.1 Å². The van der Waals surface area contributed by atoms with E-state index in [1.54, 1.807) is 0 Å². The molecule has 0 saturated heterocycles. The smallest absolute Gasteiger partial charge is 0.407 e. The normalized spacial score (nSPS) is 13.1. The van der Waals surface area contributed by atoms with E-state index < -0.39 is 29.3 Å². The van der Waals surface area contributed by atoms with Crippen LogP contribution >= 0.6 is 12.4 Å². The molecule has 1 rings (SSSR count). The molecule has 0 aromatic heterocycles. The second-order valence-corrected chi connectivity index (χ2v) is 3.15. The van der Waals surface area contributed by atoms with Crippen LogP contribution in [0.15, 0.2) is 12.1 Å². The first-order chi connectivity index (χ1) is 6.75. The first kappa shape index (κ1) is 15.0. The topological polar surface area (TPSA) is 46.2 Å². The van der Waals surface area contributed by atoms with Gasteiger partial charge < -0.3 is 10.8 Å². The molecule has 0 spiro atoms. The molecule has 16 heavy (non-hydrogen) atoms. The van der Waals surface area contributed by atoms with Crippen molar-refractivity contribution in [1.82, 2.24) is 0 Å². The zero-order valence-corrected chi connectivity index (χ0v) is 8.99. The lowest BCUT2D eigenvalue weighted by Crippen LogP contribution is -2.28. The van der Waals surface area contributed by atoms with Crippen molar-refractivity contribution in [2.45, 2.75) is 19.1 Å². The average molecular weight is 260 g/mol. The van der Waals surface area contributed by atoms with Crippen LogP contribution in [0.4, 0.5) is 17.6 Å². The lowest BCUT2D eigenvalue weighted by molar-refractivity contribution is -0.149. The van der Waals surface area contributed by atoms with Crippen LogP contribution in [0.5, 0.6) is 5.75 Å². The molecule has 0 aliphatic heterocycles. The van der Waals surface area contributed by atoms with Crippen LogP contribution in [-0.2, 0) is 0 Å². The number of hydrogen-bond donors (Lipinski definition) is 2. The summed E-state index contributed by atoms with van der Waals surface area (Å²) in [5.74, 6) is -2.12. The molecule has 0 bridgehead atoms. The summed E-state index contributed by atoms with van der Waals surface area (Å²) in [5, 5.41) is 9.16. The molecule has 2 nitrogen and oxygen atoms in total. The summed E-state index contributed by atoms with van der Waals surface area (Å²) in [4.78, 5) is 0. The maximum absolute atomic E-state index is 13.1. The van der Waals surface area contributed by atoms with Gasteiger partial charge >= 0.3 is 6.18 Å². The first-order valence-corrected chi connectivity index (χ1v) is 4.05. The lowest BCUT2D eigenvalue weighted by Gasteiger charge is -2.17. The number of halogens is 5. The minimum absolute atomic E-state index is 0. The fourth-order valence-electron chi connectivity index (χ4n) is 1.11. The Morgan fingerprint density at radius 1 is 1.31 bits per heavy atom. The van der Waals surface area contributed by atoms with Crippen molar-refractivity contribution in [3.8, 4) is 5.75 Å². The van der Waals surface area contributed by atoms with Crippen LogP contribution in [0.3, 0.4) is 0 Å². The number of benzene rings is 1. The van der Waals surface area contributed by atoms with E-state index in [0.717, 1.165) is 12.1 Å². The number of aryl methyl sites for hydroxylation is 1. The maximum atomic E-state index is 13.1. The third-order valence-corrected chi connectivity index (χ3v) is 2.03. The molecule has 0 heterocycles. The molecular weight excluding hydrogens is 250 g/mol. The summed E-state index contributed by atoms with van der Waals surface area (Å²) in [7, 11) is 0. The second kappa shape index (κ2) is 4.88. The van der Waals surface area contributed by atoms with Crippen LogP contribution < -0.4 is 5.73 Å². The van der Waals surface area contributed by atoms with Gasteiger partial charge in [-0.25, -0.2) is 4.39 Å². The average Bonchev–Trinajstić information content (AvgIpc) is 2.12. The number of nitrogens with two attached hydrogens (primary N) is 1. The van der Waals surface area contributed by atoms with E-state index in [-0.39, 0.29) is 18.0 Å². The standard InChI is InChI=1S/C9H9F4NO.ClH/c1-4-2-3-5(7(15)6(4)10)8(14)9(11,12)13;/h2-3,8,15H,14H2,1H3;1H/t8-;/m0./s1. The van der Waals surface area contributed by atoms with E-state index >= 15 is 0 Å². The predicted octanol–water partition coefficient (Wildman–Crippen LogP) is 2.82. The van der Waals surface area contributed by atoms with Gasteiger partial charge in [-0.3, -0.25) is 0 Å². The highest BCUT2D eigenvalue weighted by atomic mass is 35.5. The van der Waals surface area contributed by atoms with E-state index in [9.17, 15) is 17.6 Å². The van der Waals surface area contributed by atoms with Gasteiger partial charge in [0, 0.05) is 5.56 Å². The molecule has 0 aliphatic carbocycles. The van der Waals surface area contributed by atoms with Crippen LogP contribution in [0.25, 0.3) is 0 Å². The molecule has 1 aromatic rings. The van der Waals surface area contributed by atoms with Crippen LogP contribution in [0, 0.1) is 12.7 Å². The zero-order chi connectivity index (χ0) is 11.8. The van der Waals surface area contributed by atoms with Gasteiger partial charge in [0.25, 0.3) is 0 Å². The summed E-state index contributed by atoms with van der Waals surface area (Å²) in [6.45, 7) is 1.33. The minimum Gasteiger partial charge on any atom is -0.505 e. The fraction of sp³-hybridized carbons (Fsp3) is 0.333. The summed E-state index contributed by atoms with van der Waals surface area (Å²) < 4.78 is 49.6. The van der Waals surface area contributed by atoms with E-state index in [0.29, 0.717) is 0 Å². The molecule has 1 aromatic carbocycles. The van der Waals surface area contributed by atoms with Crippen molar-refractivity contribution >= 4 is 12.4 Å². The number of hydrogen-bond acceptors (Lipinski definition) is 2. The van der Waals surface area contributed by atoms with E-state index in [1.165, 1.54) is 6.92 Å². The van der Waals surface area contributed by atoms with E-state index in [2.05, 4.69) is 0 Å². The van der Waals surface area contributed by atoms with Crippen molar-refractivity contribution in [1.29, 1.82) is 0 Å². The number of alkyl halides is 3. The van der Waals surface area contributed by atoms with Gasteiger partial charge in [0.05, 0.1) is 0 Å². The highest BCUT2D eigenvalue weighted by Crippen LogP contribution is 2.36. The Morgan fingerprint density at radius 3 is 2.25 bits per heavy atom. The number of rotatable bonds is 1. The van der Waals surface area contributed by atoms with E-state index in [4.69, 9.17) is 10.8 Å². The Bertz CT molecular complexity index is 381. The van der Waals surface area contributed by atoms with Gasteiger partial charge in [-0.05, 0) is 12.5 Å². The molecule has 7 heteroatoms. The fourth-order valence-corrected chi connectivity index (χ4v) is 1.11.